The van der Waals surface area contributed by atoms with Gasteiger partial charge < -0.3 is 20.2 Å². The number of aromatic hydroxyl groups is 1. The molecule has 0 unspecified atom stereocenters. The number of carbonyl (C=O) groups excluding carboxylic acids is 4. The number of anilines is 2. The Hall–Kier alpha value is -6.56. The van der Waals surface area contributed by atoms with E-state index in [9.17, 15) is 37.5 Å². The normalized spacial score (nSPS) is 22.7. The molecule has 5 heterocycles. The van der Waals surface area contributed by atoms with Crippen LogP contribution in [0.4, 0.5) is 29.6 Å². The smallest absolute Gasteiger partial charge is 0.328 e. The van der Waals surface area contributed by atoms with E-state index in [0.717, 1.165) is 112 Å². The molecule has 3 saturated heterocycles. The summed E-state index contributed by atoms with van der Waals surface area (Å²) in [6, 6.07) is 11.7. The highest BCUT2D eigenvalue weighted by atomic mass is 19.2. The molecule has 15 nitrogen and oxygen atoms in total. The Balaban J connectivity index is 0.691. The van der Waals surface area contributed by atoms with Crippen molar-refractivity contribution in [3.05, 3.63) is 95.2 Å². The highest BCUT2D eigenvalue weighted by Gasteiger charge is 2.50. The molecule has 0 atom stereocenters. The third-order valence-electron chi connectivity index (χ3n) is 15.2. The zero-order valence-electron chi connectivity index (χ0n) is 37.4. The predicted molar refractivity (Wildman–Crippen MR) is 243 cm³/mol. The van der Waals surface area contributed by atoms with Gasteiger partial charge in [0.2, 0.25) is 17.7 Å². The number of phenolic OH excluding ortho intramolecular Hbond substituents is 1. The summed E-state index contributed by atoms with van der Waals surface area (Å²) in [4.78, 5) is 68.2. The highest BCUT2D eigenvalue weighted by Crippen LogP contribution is 2.55. The number of likely N-dealkylation sites (tertiary alicyclic amines) is 1. The number of piperidine rings is 1. The molecule has 0 spiro atoms. The predicted octanol–water partition coefficient (Wildman–Crippen LogP) is 6.52. The van der Waals surface area contributed by atoms with E-state index in [1.54, 1.807) is 6.07 Å². The molecule has 350 valence electrons. The molecule has 5 amide bonds. The number of phenols is 1. The second-order valence-electron chi connectivity index (χ2n) is 19.2. The SMILES string of the molecule is Cc1ccc(C(=O)N2CCC(CN3CCN(c4ncc(-c5ccc6cn(C78CCC(CNC(=O)c9cc(F)c(O)c(F)c9F)(CC7)CC8)nc6c5)cn4)CC3)CC2)cc1N1CCC(=O)NC1=O. The van der Waals surface area contributed by atoms with Crippen LogP contribution in [0.2, 0.25) is 0 Å². The van der Waals surface area contributed by atoms with Crippen molar-refractivity contribution >= 4 is 46.3 Å². The number of carbonyl (C=O) groups is 4. The number of hydrogen-bond acceptors (Lipinski definition) is 10. The molecule has 3 aromatic carbocycles. The van der Waals surface area contributed by atoms with E-state index in [1.165, 1.54) is 4.90 Å². The summed E-state index contributed by atoms with van der Waals surface area (Å²) >= 11 is 0. The molecule has 11 rings (SSSR count). The van der Waals surface area contributed by atoms with Crippen LogP contribution in [0.3, 0.4) is 0 Å². The van der Waals surface area contributed by atoms with Gasteiger partial charge in [0.15, 0.2) is 17.4 Å². The summed E-state index contributed by atoms with van der Waals surface area (Å²) < 4.78 is 44.2. The molecule has 0 radical (unpaired) electrons. The van der Waals surface area contributed by atoms with Gasteiger partial charge in [-0.15, -0.1) is 0 Å². The van der Waals surface area contributed by atoms with Crippen molar-refractivity contribution in [3.63, 3.8) is 0 Å². The maximum Gasteiger partial charge on any atom is 0.328 e. The number of fused-ring (bicyclic) bond motifs is 4. The van der Waals surface area contributed by atoms with Crippen LogP contribution in [0, 0.1) is 35.7 Å². The average molecular weight is 919 g/mol. The van der Waals surface area contributed by atoms with Gasteiger partial charge in [-0.3, -0.25) is 34.2 Å². The largest absolute Gasteiger partial charge is 0.503 e. The second-order valence-corrected chi connectivity index (χ2v) is 19.2. The minimum Gasteiger partial charge on any atom is -0.503 e. The van der Waals surface area contributed by atoms with Crippen molar-refractivity contribution < 1.29 is 37.5 Å². The Labute approximate surface area is 385 Å². The minimum atomic E-state index is -1.78. The van der Waals surface area contributed by atoms with Gasteiger partial charge in [0, 0.05) is 106 Å². The summed E-state index contributed by atoms with van der Waals surface area (Å²) in [6.45, 7) is 8.22. The molecule has 6 fully saturated rings. The lowest BCUT2D eigenvalue weighted by Crippen LogP contribution is -2.51. The number of nitrogens with one attached hydrogen (secondary N) is 2. The quantitative estimate of drug-likeness (QED) is 0.131. The number of aryl methyl sites for hydroxylation is 1. The number of urea groups is 1. The zero-order valence-corrected chi connectivity index (χ0v) is 37.4. The molecular weight excluding hydrogens is 866 g/mol. The Bertz CT molecular complexity index is 2740. The van der Waals surface area contributed by atoms with Crippen molar-refractivity contribution in [2.75, 3.05) is 68.7 Å². The van der Waals surface area contributed by atoms with Gasteiger partial charge in [-0.05, 0) is 105 Å². The Morgan fingerprint density at radius 2 is 1.57 bits per heavy atom. The molecule has 67 heavy (non-hydrogen) atoms. The van der Waals surface area contributed by atoms with E-state index >= 15 is 0 Å². The summed E-state index contributed by atoms with van der Waals surface area (Å²) in [6.07, 6.45) is 12.9. The number of aromatic nitrogens is 4. The molecule has 3 aliphatic heterocycles. The van der Waals surface area contributed by atoms with Crippen molar-refractivity contribution in [1.29, 1.82) is 0 Å². The number of hydrogen-bond donors (Lipinski definition) is 3. The summed E-state index contributed by atoms with van der Waals surface area (Å²) in [7, 11) is 0. The lowest BCUT2D eigenvalue weighted by Gasteiger charge is -2.53. The topological polar surface area (TPSA) is 169 Å². The zero-order chi connectivity index (χ0) is 46.6. The van der Waals surface area contributed by atoms with Gasteiger partial charge >= 0.3 is 6.03 Å². The molecule has 2 aromatic heterocycles. The Morgan fingerprint density at radius 1 is 0.851 bits per heavy atom. The third kappa shape index (κ3) is 8.55. The number of benzene rings is 3. The first kappa shape index (κ1) is 44.3. The summed E-state index contributed by atoms with van der Waals surface area (Å²) in [5, 5.41) is 20.5. The lowest BCUT2D eigenvalue weighted by molar-refractivity contribution is -0.120. The molecule has 2 bridgehead atoms. The second kappa shape index (κ2) is 17.6. The first-order valence-electron chi connectivity index (χ1n) is 23.2. The fourth-order valence-electron chi connectivity index (χ4n) is 10.9. The molecule has 18 heteroatoms. The van der Waals surface area contributed by atoms with Gasteiger partial charge in [0.05, 0.1) is 16.6 Å². The first-order chi connectivity index (χ1) is 32.3. The Kier molecular flexibility index (Phi) is 11.6. The average Bonchev–Trinajstić information content (AvgIpc) is 3.80. The maximum atomic E-state index is 14.3. The number of rotatable bonds is 10. The van der Waals surface area contributed by atoms with Crippen LogP contribution in [0.5, 0.6) is 5.75 Å². The lowest BCUT2D eigenvalue weighted by atomic mass is 9.57. The monoisotopic (exact) mass is 918 g/mol. The molecule has 3 aliphatic carbocycles. The van der Waals surface area contributed by atoms with Crippen molar-refractivity contribution in [2.24, 2.45) is 11.3 Å². The number of nitrogens with zero attached hydrogens (tertiary/aromatic N) is 8. The minimum absolute atomic E-state index is 0.0392. The van der Waals surface area contributed by atoms with Gasteiger partial charge in [0.1, 0.15) is 0 Å². The van der Waals surface area contributed by atoms with E-state index < -0.39 is 40.7 Å². The fourth-order valence-corrected chi connectivity index (χ4v) is 10.9. The fraction of sp³-hybridized carbons (Fsp3) is 0.449. The van der Waals surface area contributed by atoms with Gasteiger partial charge in [-0.1, -0.05) is 18.2 Å². The molecule has 6 aliphatic rings. The van der Waals surface area contributed by atoms with E-state index in [0.29, 0.717) is 42.3 Å². The van der Waals surface area contributed by atoms with Gasteiger partial charge in [-0.2, -0.15) is 9.49 Å². The summed E-state index contributed by atoms with van der Waals surface area (Å²) in [5.41, 5.74) is 3.67. The van der Waals surface area contributed by atoms with E-state index in [1.807, 2.05) is 36.4 Å². The van der Waals surface area contributed by atoms with Gasteiger partial charge in [0.25, 0.3) is 11.8 Å². The third-order valence-corrected chi connectivity index (χ3v) is 15.2. The van der Waals surface area contributed by atoms with Crippen molar-refractivity contribution in [1.82, 2.24) is 40.2 Å². The van der Waals surface area contributed by atoms with Crippen LogP contribution in [0.25, 0.3) is 22.0 Å². The number of piperazine rings is 1. The Morgan fingerprint density at radius 3 is 2.27 bits per heavy atom. The molecule has 3 N–H and O–H groups in total. The van der Waals surface area contributed by atoms with Gasteiger partial charge in [-0.25, -0.2) is 23.5 Å². The van der Waals surface area contributed by atoms with E-state index in [4.69, 9.17) is 15.1 Å². The standard InChI is InChI=1S/C49H53F3N10O5/c1-30-2-3-33(23-39(30)61-17-8-40(63)56-47(61)67)45(66)59-15-6-31(7-16-59)27-58-18-20-60(21-19-58)46-53-25-35(26-54-46)32-4-5-34-28-62(57-38(34)22-32)49-12-9-48(10-13-49,11-14-49)29-55-44(65)36-24-37(50)43(64)42(52)41(36)51/h2-5,22-26,28,31,64H,6-21,27,29H2,1H3,(H,55,65)(H,56,63,67). The number of halogens is 3. The first-order valence-corrected chi connectivity index (χ1v) is 23.2. The molecular formula is C49H53F3N10O5. The van der Waals surface area contributed by atoms with E-state index in [-0.39, 0.29) is 42.3 Å². The van der Waals surface area contributed by atoms with Crippen LogP contribution in [0.1, 0.15) is 84.1 Å². The molecule has 3 saturated carbocycles. The van der Waals surface area contributed by atoms with Crippen LogP contribution in [-0.4, -0.2) is 117 Å². The highest BCUT2D eigenvalue weighted by molar-refractivity contribution is 6.06. The van der Waals surface area contributed by atoms with Crippen molar-refractivity contribution in [3.8, 4) is 16.9 Å². The van der Waals surface area contributed by atoms with Crippen LogP contribution in [-0.2, 0) is 10.3 Å². The van der Waals surface area contributed by atoms with Crippen LogP contribution in [0.15, 0.2) is 61.1 Å². The molecule has 5 aromatic rings. The maximum absolute atomic E-state index is 14.3. The van der Waals surface area contributed by atoms with E-state index in [2.05, 4.69) is 49.5 Å². The van der Waals surface area contributed by atoms with Crippen molar-refractivity contribution in [2.45, 2.75) is 70.3 Å². The summed E-state index contributed by atoms with van der Waals surface area (Å²) in [5.74, 6) is -6.24. The van der Waals surface area contributed by atoms with Crippen LogP contribution < -0.4 is 20.4 Å². The van der Waals surface area contributed by atoms with Crippen LogP contribution >= 0.6 is 0 Å². The number of amides is 5. The number of imide groups is 1.